The van der Waals surface area contributed by atoms with Gasteiger partial charge in [-0.2, -0.15) is 9.57 Å². The Morgan fingerprint density at radius 3 is 2.20 bits per heavy atom. The highest BCUT2D eigenvalue weighted by Gasteiger charge is 2.54. The Hall–Kier alpha value is -2.44. The molecule has 5 fully saturated rings. The summed E-state index contributed by atoms with van der Waals surface area (Å²) in [5.41, 5.74) is -0.0355. The number of carbonyl (C=O) groups is 2. The van der Waals surface area contributed by atoms with Crippen molar-refractivity contribution in [3.63, 3.8) is 0 Å². The lowest BCUT2D eigenvalue weighted by Crippen LogP contribution is -2.53. The van der Waals surface area contributed by atoms with Crippen LogP contribution in [0.1, 0.15) is 56.9 Å². The Kier molecular flexibility index (Phi) is 6.62. The van der Waals surface area contributed by atoms with Crippen molar-refractivity contribution in [2.24, 2.45) is 23.2 Å². The Morgan fingerprint density at radius 1 is 1.00 bits per heavy atom. The number of carbonyl (C=O) groups excluding carboxylic acids is 2. The third kappa shape index (κ3) is 4.70. The lowest BCUT2D eigenvalue weighted by Gasteiger charge is -2.55. The Labute approximate surface area is 207 Å². The summed E-state index contributed by atoms with van der Waals surface area (Å²) in [6, 6.07) is 8.13. The van der Waals surface area contributed by atoms with E-state index in [2.05, 4.69) is 5.32 Å². The Balaban J connectivity index is 1.07. The zero-order chi connectivity index (χ0) is 24.6. The molecular formula is C26H34N4O4S. The maximum Gasteiger partial charge on any atom is 0.244 e. The predicted octanol–water partition coefficient (Wildman–Crippen LogP) is 2.50. The summed E-state index contributed by atoms with van der Waals surface area (Å²) in [4.78, 5) is 27.4. The van der Waals surface area contributed by atoms with E-state index in [0.717, 1.165) is 37.0 Å². The molecule has 4 saturated carbocycles. The van der Waals surface area contributed by atoms with Crippen LogP contribution >= 0.6 is 0 Å². The van der Waals surface area contributed by atoms with Crippen molar-refractivity contribution in [2.75, 3.05) is 32.7 Å². The zero-order valence-electron chi connectivity index (χ0n) is 20.1. The third-order valence-electron chi connectivity index (χ3n) is 8.59. The van der Waals surface area contributed by atoms with Gasteiger partial charge in [-0.3, -0.25) is 9.59 Å². The molecule has 0 aromatic heterocycles. The van der Waals surface area contributed by atoms with Gasteiger partial charge in [0.15, 0.2) is 0 Å². The van der Waals surface area contributed by atoms with Crippen molar-refractivity contribution in [1.29, 1.82) is 5.26 Å². The molecular weight excluding hydrogens is 464 g/mol. The van der Waals surface area contributed by atoms with E-state index >= 15 is 0 Å². The van der Waals surface area contributed by atoms with E-state index in [1.54, 1.807) is 17.0 Å². The summed E-state index contributed by atoms with van der Waals surface area (Å²) in [5, 5.41) is 12.4. The van der Waals surface area contributed by atoms with Gasteiger partial charge < -0.3 is 10.2 Å². The number of hydrogen-bond donors (Lipinski definition) is 1. The van der Waals surface area contributed by atoms with Crippen LogP contribution in [-0.4, -0.2) is 62.2 Å². The fourth-order valence-corrected chi connectivity index (χ4v) is 8.84. The molecule has 1 heterocycles. The molecule has 188 valence electrons. The second-order valence-electron chi connectivity index (χ2n) is 11.0. The summed E-state index contributed by atoms with van der Waals surface area (Å²) in [7, 11) is -3.78. The third-order valence-corrected chi connectivity index (χ3v) is 10.5. The molecule has 1 aromatic rings. The van der Waals surface area contributed by atoms with E-state index in [-0.39, 0.29) is 40.8 Å². The molecule has 0 unspecified atom stereocenters. The molecule has 0 atom stereocenters. The molecule has 35 heavy (non-hydrogen) atoms. The molecule has 0 radical (unpaired) electrons. The van der Waals surface area contributed by atoms with Crippen LogP contribution in [-0.2, 0) is 19.6 Å². The highest BCUT2D eigenvalue weighted by Crippen LogP contribution is 2.60. The molecule has 1 saturated heterocycles. The van der Waals surface area contributed by atoms with Crippen molar-refractivity contribution in [3.8, 4) is 6.07 Å². The number of nitrogens with zero attached hydrogens (tertiary/aromatic N) is 3. The maximum absolute atomic E-state index is 13.0. The molecule has 5 aliphatic rings. The highest BCUT2D eigenvalue weighted by molar-refractivity contribution is 7.89. The Bertz CT molecular complexity index is 1100. The molecule has 4 bridgehead atoms. The monoisotopic (exact) mass is 498 g/mol. The van der Waals surface area contributed by atoms with E-state index < -0.39 is 10.0 Å². The van der Waals surface area contributed by atoms with Crippen molar-refractivity contribution in [3.05, 3.63) is 29.8 Å². The van der Waals surface area contributed by atoms with Crippen LogP contribution in [0.15, 0.2) is 29.2 Å². The minimum atomic E-state index is -3.78. The number of sulfonamides is 1. The average molecular weight is 499 g/mol. The van der Waals surface area contributed by atoms with E-state index in [1.807, 2.05) is 6.07 Å². The van der Waals surface area contributed by atoms with Crippen LogP contribution in [0.3, 0.4) is 0 Å². The van der Waals surface area contributed by atoms with Gasteiger partial charge in [0, 0.05) is 44.6 Å². The number of amides is 2. The number of nitriles is 1. The number of piperazine rings is 1. The van der Waals surface area contributed by atoms with E-state index in [4.69, 9.17) is 0 Å². The fraction of sp³-hybridized carbons (Fsp3) is 0.654. The van der Waals surface area contributed by atoms with E-state index in [0.29, 0.717) is 32.5 Å². The van der Waals surface area contributed by atoms with Crippen LogP contribution in [0.4, 0.5) is 0 Å². The maximum atomic E-state index is 13.0. The van der Waals surface area contributed by atoms with Crippen LogP contribution < -0.4 is 5.32 Å². The lowest BCUT2D eigenvalue weighted by atomic mass is 9.49. The van der Waals surface area contributed by atoms with Gasteiger partial charge in [0.05, 0.1) is 10.5 Å². The van der Waals surface area contributed by atoms with Gasteiger partial charge in [0.25, 0.3) is 0 Å². The average Bonchev–Trinajstić information content (AvgIpc) is 2.85. The first-order chi connectivity index (χ1) is 16.8. The van der Waals surface area contributed by atoms with Gasteiger partial charge in [-0.05, 0) is 74.8 Å². The predicted molar refractivity (Wildman–Crippen MR) is 129 cm³/mol. The van der Waals surface area contributed by atoms with Crippen LogP contribution in [0.2, 0.25) is 0 Å². The van der Waals surface area contributed by atoms with Crippen LogP contribution in [0.5, 0.6) is 0 Å². The van der Waals surface area contributed by atoms with Crippen molar-refractivity contribution in [2.45, 2.75) is 56.3 Å². The van der Waals surface area contributed by atoms with E-state index in [9.17, 15) is 23.3 Å². The quantitative estimate of drug-likeness (QED) is 0.581. The first kappa shape index (κ1) is 24.3. The minimum absolute atomic E-state index is 0.0106. The highest BCUT2D eigenvalue weighted by atomic mass is 32.2. The first-order valence-corrected chi connectivity index (χ1v) is 14.3. The number of rotatable bonds is 7. The molecule has 1 N–H and O–H groups in total. The minimum Gasteiger partial charge on any atom is -0.356 e. The summed E-state index contributed by atoms with van der Waals surface area (Å²) < 4.78 is 27.3. The molecule has 1 aromatic carbocycles. The standard InChI is InChI=1S/C26H34N4O4S/c27-18-22-4-1-2-5-23(22)35(33,34)30-10-8-29(9-11-30)24(31)6-3-7-28-25(32)26-15-19-12-20(16-26)14-21(13-19)17-26/h1-2,4-5,19-21H,3,6-17H2,(H,28,32). The molecule has 9 heteroatoms. The first-order valence-electron chi connectivity index (χ1n) is 12.9. The van der Waals surface area contributed by atoms with Crippen molar-refractivity contribution < 1.29 is 18.0 Å². The van der Waals surface area contributed by atoms with Crippen molar-refractivity contribution >= 4 is 21.8 Å². The van der Waals surface area contributed by atoms with Gasteiger partial charge in [0.1, 0.15) is 6.07 Å². The second kappa shape index (κ2) is 9.55. The van der Waals surface area contributed by atoms with Gasteiger partial charge in [-0.25, -0.2) is 8.42 Å². The number of hydrogen-bond acceptors (Lipinski definition) is 5. The summed E-state index contributed by atoms with van der Waals surface area (Å²) >= 11 is 0. The van der Waals surface area contributed by atoms with Crippen LogP contribution in [0, 0.1) is 34.5 Å². The second-order valence-corrected chi connectivity index (χ2v) is 12.9. The van der Waals surface area contributed by atoms with Crippen molar-refractivity contribution in [1.82, 2.24) is 14.5 Å². The number of nitrogens with one attached hydrogen (secondary N) is 1. The molecule has 6 rings (SSSR count). The topological polar surface area (TPSA) is 111 Å². The Morgan fingerprint density at radius 2 is 1.60 bits per heavy atom. The van der Waals surface area contributed by atoms with Gasteiger partial charge >= 0.3 is 0 Å². The SMILES string of the molecule is N#Cc1ccccc1S(=O)(=O)N1CCN(C(=O)CCCNC(=O)C23CC4CC(CC(C4)C2)C3)CC1. The largest absolute Gasteiger partial charge is 0.356 e. The van der Waals surface area contributed by atoms with Gasteiger partial charge in [0.2, 0.25) is 21.8 Å². The van der Waals surface area contributed by atoms with E-state index in [1.165, 1.54) is 35.7 Å². The lowest BCUT2D eigenvalue weighted by molar-refractivity contribution is -0.146. The molecule has 2 amide bonds. The summed E-state index contributed by atoms with van der Waals surface area (Å²) in [5.74, 6) is 2.36. The smallest absolute Gasteiger partial charge is 0.244 e. The molecule has 4 aliphatic carbocycles. The summed E-state index contributed by atoms with van der Waals surface area (Å²) in [6.45, 7) is 1.57. The molecule has 8 nitrogen and oxygen atoms in total. The fourth-order valence-electron chi connectivity index (χ4n) is 7.28. The van der Waals surface area contributed by atoms with Gasteiger partial charge in [-0.15, -0.1) is 0 Å². The van der Waals surface area contributed by atoms with Gasteiger partial charge in [-0.1, -0.05) is 12.1 Å². The number of benzene rings is 1. The summed E-state index contributed by atoms with van der Waals surface area (Å²) in [6.07, 6.45) is 7.96. The normalized spacial score (nSPS) is 30.1. The molecule has 0 spiro atoms. The molecule has 1 aliphatic heterocycles. The van der Waals surface area contributed by atoms with Crippen LogP contribution in [0.25, 0.3) is 0 Å². The zero-order valence-corrected chi connectivity index (χ0v) is 20.9.